The van der Waals surface area contributed by atoms with Gasteiger partial charge in [-0.05, 0) is 31.1 Å². The molecule has 0 unspecified atom stereocenters. The van der Waals surface area contributed by atoms with Crippen LogP contribution in [0.5, 0.6) is 0 Å². The topological polar surface area (TPSA) is 67.1 Å². The Kier molecular flexibility index (Phi) is 11.5. The second kappa shape index (κ2) is 13.0. The lowest BCUT2D eigenvalue weighted by Crippen LogP contribution is -2.37. The standard InChI is InChI=1S/C20H32N6S.HI/c1-15(2)14-26-18(24-25-20(26)27-5)10-7-11-22-19(21-4)23-13-17-9-6-8-16(3)12-17;/h6,8-9,12,15H,7,10-11,13-14H2,1-5H3,(H2,21,22,23);1H. The van der Waals surface area contributed by atoms with Crippen LogP contribution in [0.1, 0.15) is 37.2 Å². The Bertz CT molecular complexity index is 744. The summed E-state index contributed by atoms with van der Waals surface area (Å²) in [5, 5.41) is 16.4. The van der Waals surface area contributed by atoms with E-state index in [1.807, 2.05) is 0 Å². The number of aliphatic imine (C=N–C) groups is 1. The lowest BCUT2D eigenvalue weighted by Gasteiger charge is -2.13. The predicted octanol–water partition coefficient (Wildman–Crippen LogP) is 3.88. The molecule has 0 aliphatic heterocycles. The second-order valence-electron chi connectivity index (χ2n) is 7.05. The van der Waals surface area contributed by atoms with Crippen LogP contribution in [0.15, 0.2) is 34.4 Å². The fourth-order valence-corrected chi connectivity index (χ4v) is 3.41. The minimum atomic E-state index is 0. The number of aryl methyl sites for hydroxylation is 2. The third kappa shape index (κ3) is 7.98. The van der Waals surface area contributed by atoms with E-state index < -0.39 is 0 Å². The summed E-state index contributed by atoms with van der Waals surface area (Å²) in [5.74, 6) is 2.47. The van der Waals surface area contributed by atoms with E-state index in [4.69, 9.17) is 0 Å². The van der Waals surface area contributed by atoms with Gasteiger partial charge in [-0.25, -0.2) is 0 Å². The van der Waals surface area contributed by atoms with Crippen molar-refractivity contribution in [2.24, 2.45) is 10.9 Å². The van der Waals surface area contributed by atoms with Gasteiger partial charge in [0, 0.05) is 33.1 Å². The number of aromatic nitrogens is 3. The summed E-state index contributed by atoms with van der Waals surface area (Å²) in [6.45, 7) is 9.12. The number of nitrogens with one attached hydrogen (secondary N) is 2. The molecule has 0 radical (unpaired) electrons. The number of hydrogen-bond acceptors (Lipinski definition) is 4. The van der Waals surface area contributed by atoms with Gasteiger partial charge in [-0.1, -0.05) is 55.4 Å². The van der Waals surface area contributed by atoms with E-state index in [0.29, 0.717) is 5.92 Å². The van der Waals surface area contributed by atoms with E-state index in [1.165, 1.54) is 11.1 Å². The van der Waals surface area contributed by atoms with E-state index in [9.17, 15) is 0 Å². The van der Waals surface area contributed by atoms with Gasteiger partial charge in [-0.3, -0.25) is 4.99 Å². The third-order valence-electron chi connectivity index (χ3n) is 4.16. The predicted molar refractivity (Wildman–Crippen MR) is 130 cm³/mol. The Hall–Kier alpha value is -1.29. The van der Waals surface area contributed by atoms with Crippen molar-refractivity contribution in [3.8, 4) is 0 Å². The van der Waals surface area contributed by atoms with Crippen LogP contribution in [0.4, 0.5) is 0 Å². The van der Waals surface area contributed by atoms with Gasteiger partial charge in [0.1, 0.15) is 5.82 Å². The molecule has 0 bridgehead atoms. The number of thioether (sulfide) groups is 1. The molecule has 0 aliphatic carbocycles. The minimum Gasteiger partial charge on any atom is -0.356 e. The van der Waals surface area contributed by atoms with Crippen LogP contribution in [0.25, 0.3) is 0 Å². The summed E-state index contributed by atoms with van der Waals surface area (Å²) < 4.78 is 2.25. The zero-order valence-corrected chi connectivity index (χ0v) is 20.7. The Balaban J connectivity index is 0.00000392. The first kappa shape index (κ1) is 24.7. The molecule has 0 fully saturated rings. The first-order chi connectivity index (χ1) is 13.0. The molecule has 0 spiro atoms. The lowest BCUT2D eigenvalue weighted by molar-refractivity contribution is 0.477. The minimum absolute atomic E-state index is 0. The van der Waals surface area contributed by atoms with Crippen molar-refractivity contribution < 1.29 is 0 Å². The van der Waals surface area contributed by atoms with Gasteiger partial charge in [-0.2, -0.15) is 0 Å². The Morgan fingerprint density at radius 3 is 2.68 bits per heavy atom. The van der Waals surface area contributed by atoms with Crippen LogP contribution in [-0.2, 0) is 19.5 Å². The molecule has 0 saturated heterocycles. The molecular formula is C20H33IN6S. The van der Waals surface area contributed by atoms with Gasteiger partial charge in [0.05, 0.1) is 0 Å². The van der Waals surface area contributed by atoms with E-state index in [0.717, 1.165) is 49.4 Å². The highest BCUT2D eigenvalue weighted by atomic mass is 127. The molecular weight excluding hydrogens is 483 g/mol. The van der Waals surface area contributed by atoms with Gasteiger partial charge in [-0.15, -0.1) is 34.2 Å². The van der Waals surface area contributed by atoms with E-state index in [2.05, 4.69) is 81.7 Å². The molecule has 0 saturated carbocycles. The highest BCUT2D eigenvalue weighted by molar-refractivity contribution is 14.0. The largest absolute Gasteiger partial charge is 0.356 e. The van der Waals surface area contributed by atoms with Crippen molar-refractivity contribution in [2.45, 2.75) is 51.9 Å². The summed E-state index contributed by atoms with van der Waals surface area (Å²) >= 11 is 1.66. The van der Waals surface area contributed by atoms with E-state index in [1.54, 1.807) is 18.8 Å². The van der Waals surface area contributed by atoms with Crippen LogP contribution in [0.2, 0.25) is 0 Å². The molecule has 1 aromatic heterocycles. The first-order valence-electron chi connectivity index (χ1n) is 9.49. The van der Waals surface area contributed by atoms with Crippen molar-refractivity contribution in [1.29, 1.82) is 0 Å². The SMILES string of the molecule is CN=C(NCCCc1nnc(SC)n1CC(C)C)NCc1cccc(C)c1.I. The molecule has 0 amide bonds. The summed E-state index contributed by atoms with van der Waals surface area (Å²) in [6.07, 6.45) is 3.94. The average Bonchev–Trinajstić information content (AvgIpc) is 3.02. The van der Waals surface area contributed by atoms with Gasteiger partial charge in [0.15, 0.2) is 11.1 Å². The lowest BCUT2D eigenvalue weighted by atomic mass is 10.1. The van der Waals surface area contributed by atoms with Crippen molar-refractivity contribution in [1.82, 2.24) is 25.4 Å². The van der Waals surface area contributed by atoms with Crippen LogP contribution in [0.3, 0.4) is 0 Å². The average molecular weight is 516 g/mol. The maximum Gasteiger partial charge on any atom is 0.191 e. The smallest absolute Gasteiger partial charge is 0.191 e. The molecule has 6 nitrogen and oxygen atoms in total. The number of hydrogen-bond donors (Lipinski definition) is 2. The molecule has 2 aromatic rings. The van der Waals surface area contributed by atoms with Gasteiger partial charge < -0.3 is 15.2 Å². The van der Waals surface area contributed by atoms with E-state index >= 15 is 0 Å². The molecule has 156 valence electrons. The summed E-state index contributed by atoms with van der Waals surface area (Å²) in [5.41, 5.74) is 2.52. The molecule has 2 rings (SSSR count). The van der Waals surface area contributed by atoms with Crippen molar-refractivity contribution in [2.75, 3.05) is 19.8 Å². The van der Waals surface area contributed by atoms with Gasteiger partial charge in [0.2, 0.25) is 0 Å². The molecule has 2 N–H and O–H groups in total. The first-order valence-corrected chi connectivity index (χ1v) is 10.7. The Morgan fingerprint density at radius 2 is 2.04 bits per heavy atom. The number of nitrogens with zero attached hydrogens (tertiary/aromatic N) is 4. The number of guanidine groups is 1. The third-order valence-corrected chi connectivity index (χ3v) is 4.83. The maximum atomic E-state index is 4.38. The quantitative estimate of drug-likeness (QED) is 0.174. The zero-order chi connectivity index (χ0) is 19.6. The van der Waals surface area contributed by atoms with Gasteiger partial charge >= 0.3 is 0 Å². The van der Waals surface area contributed by atoms with Crippen LogP contribution < -0.4 is 10.6 Å². The number of halogens is 1. The zero-order valence-electron chi connectivity index (χ0n) is 17.5. The van der Waals surface area contributed by atoms with Crippen molar-refractivity contribution in [3.63, 3.8) is 0 Å². The number of rotatable bonds is 9. The highest BCUT2D eigenvalue weighted by Crippen LogP contribution is 2.16. The highest BCUT2D eigenvalue weighted by Gasteiger charge is 2.12. The molecule has 8 heteroatoms. The van der Waals surface area contributed by atoms with Crippen LogP contribution in [0, 0.1) is 12.8 Å². The second-order valence-corrected chi connectivity index (χ2v) is 7.83. The summed E-state index contributed by atoms with van der Waals surface area (Å²) in [7, 11) is 1.80. The Morgan fingerprint density at radius 1 is 1.25 bits per heavy atom. The van der Waals surface area contributed by atoms with Gasteiger partial charge in [0.25, 0.3) is 0 Å². The molecule has 0 atom stereocenters. The fraction of sp³-hybridized carbons (Fsp3) is 0.550. The number of benzene rings is 1. The maximum absolute atomic E-state index is 4.38. The summed E-state index contributed by atoms with van der Waals surface area (Å²) in [4.78, 5) is 4.30. The van der Waals surface area contributed by atoms with Crippen LogP contribution >= 0.6 is 35.7 Å². The summed E-state index contributed by atoms with van der Waals surface area (Å²) in [6, 6.07) is 8.50. The molecule has 1 aromatic carbocycles. The van der Waals surface area contributed by atoms with E-state index in [-0.39, 0.29) is 24.0 Å². The van der Waals surface area contributed by atoms with Crippen molar-refractivity contribution in [3.05, 3.63) is 41.2 Å². The van der Waals surface area contributed by atoms with Crippen molar-refractivity contribution >= 4 is 41.7 Å². The molecule has 28 heavy (non-hydrogen) atoms. The molecule has 0 aliphatic rings. The molecule has 1 heterocycles. The monoisotopic (exact) mass is 516 g/mol. The fourth-order valence-electron chi connectivity index (χ4n) is 2.89. The Labute approximate surface area is 190 Å². The van der Waals surface area contributed by atoms with Crippen LogP contribution in [-0.4, -0.2) is 40.6 Å². The normalized spacial score (nSPS) is 11.4.